The van der Waals surface area contributed by atoms with E-state index in [4.69, 9.17) is 0 Å². The number of carbonyl (C=O) groups excluding carboxylic acids is 2. The van der Waals surface area contributed by atoms with Gasteiger partial charge in [-0.05, 0) is 12.8 Å². The van der Waals surface area contributed by atoms with Crippen LogP contribution < -0.4 is 5.32 Å². The Morgan fingerprint density at radius 3 is 2.50 bits per heavy atom. The standard InChI is InChI=1S/C7H9NO2/c9-6-3-4-1-2-5(6)7(10)8-4/h4-5H,1-3H2,(H,8,10)/t4-,5+/m1/s1. The molecule has 3 nitrogen and oxygen atoms in total. The van der Waals surface area contributed by atoms with Gasteiger partial charge in [0, 0.05) is 12.5 Å². The average molecular weight is 139 g/mol. The first-order valence-corrected chi connectivity index (χ1v) is 3.60. The highest BCUT2D eigenvalue weighted by Gasteiger charge is 2.39. The number of carbonyl (C=O) groups is 2. The second kappa shape index (κ2) is 1.81. The normalized spacial score (nSPS) is 38.0. The summed E-state index contributed by atoms with van der Waals surface area (Å²) in [6.45, 7) is 0. The van der Waals surface area contributed by atoms with Crippen LogP contribution in [0.4, 0.5) is 0 Å². The van der Waals surface area contributed by atoms with Crippen LogP contribution >= 0.6 is 0 Å². The number of hydrogen-bond acceptors (Lipinski definition) is 2. The van der Waals surface area contributed by atoms with Gasteiger partial charge in [0.05, 0.1) is 5.92 Å². The summed E-state index contributed by atoms with van der Waals surface area (Å²) in [5, 5.41) is 2.79. The van der Waals surface area contributed by atoms with E-state index < -0.39 is 0 Å². The van der Waals surface area contributed by atoms with Crippen molar-refractivity contribution in [3.63, 3.8) is 0 Å². The van der Waals surface area contributed by atoms with Gasteiger partial charge >= 0.3 is 0 Å². The van der Waals surface area contributed by atoms with Crippen molar-refractivity contribution >= 4 is 11.7 Å². The molecule has 1 amide bonds. The zero-order chi connectivity index (χ0) is 7.14. The van der Waals surface area contributed by atoms with Crippen LogP contribution in [0.15, 0.2) is 0 Å². The molecule has 0 unspecified atom stereocenters. The van der Waals surface area contributed by atoms with Crippen molar-refractivity contribution in [3.8, 4) is 0 Å². The van der Waals surface area contributed by atoms with Gasteiger partial charge in [-0.1, -0.05) is 0 Å². The zero-order valence-corrected chi connectivity index (χ0v) is 5.59. The second-order valence-electron chi connectivity index (χ2n) is 3.01. The van der Waals surface area contributed by atoms with Gasteiger partial charge < -0.3 is 5.32 Å². The third-order valence-corrected chi connectivity index (χ3v) is 2.30. The van der Waals surface area contributed by atoms with Gasteiger partial charge in [0.2, 0.25) is 5.91 Å². The fourth-order valence-electron chi connectivity index (χ4n) is 1.72. The molecule has 1 aliphatic carbocycles. The maximum Gasteiger partial charge on any atom is 0.230 e. The minimum atomic E-state index is -0.301. The number of amides is 1. The summed E-state index contributed by atoms with van der Waals surface area (Å²) in [5.74, 6) is -0.211. The van der Waals surface area contributed by atoms with Crippen molar-refractivity contribution in [1.82, 2.24) is 5.32 Å². The number of fused-ring (bicyclic) bond motifs is 3. The molecule has 0 aromatic carbocycles. The van der Waals surface area contributed by atoms with Crippen molar-refractivity contribution in [1.29, 1.82) is 0 Å². The van der Waals surface area contributed by atoms with E-state index in [0.29, 0.717) is 6.42 Å². The number of Topliss-reactive ketones (excluding diaryl/α,β-unsaturated/α-hetero) is 1. The van der Waals surface area contributed by atoms with E-state index in [-0.39, 0.29) is 23.7 Å². The third kappa shape index (κ3) is 0.664. The summed E-state index contributed by atoms with van der Waals surface area (Å²) in [5.41, 5.74) is 0. The van der Waals surface area contributed by atoms with Crippen LogP contribution in [-0.4, -0.2) is 17.7 Å². The Morgan fingerprint density at radius 2 is 2.10 bits per heavy atom. The molecule has 3 rings (SSSR count). The van der Waals surface area contributed by atoms with Crippen LogP contribution in [0.5, 0.6) is 0 Å². The molecular formula is C7H9NO2. The van der Waals surface area contributed by atoms with E-state index >= 15 is 0 Å². The zero-order valence-electron chi connectivity index (χ0n) is 5.59. The summed E-state index contributed by atoms with van der Waals surface area (Å²) in [6, 6.07) is 0.157. The lowest BCUT2D eigenvalue weighted by Gasteiger charge is -2.34. The van der Waals surface area contributed by atoms with Gasteiger partial charge in [-0.2, -0.15) is 0 Å². The number of hydrogen-bond donors (Lipinski definition) is 1. The highest BCUT2D eigenvalue weighted by molar-refractivity contribution is 6.04. The SMILES string of the molecule is O=C1C[C@H]2CC[C@@H]1C(=O)N2. The van der Waals surface area contributed by atoms with Crippen molar-refractivity contribution in [2.24, 2.45) is 5.92 Å². The first-order chi connectivity index (χ1) is 4.77. The molecule has 10 heavy (non-hydrogen) atoms. The molecule has 2 saturated heterocycles. The van der Waals surface area contributed by atoms with Crippen molar-refractivity contribution in [2.75, 3.05) is 0 Å². The quantitative estimate of drug-likeness (QED) is 0.474. The molecule has 2 heterocycles. The van der Waals surface area contributed by atoms with E-state index in [0.717, 1.165) is 12.8 Å². The molecule has 3 heteroatoms. The first kappa shape index (κ1) is 5.89. The number of rotatable bonds is 0. The first-order valence-electron chi connectivity index (χ1n) is 3.60. The van der Waals surface area contributed by atoms with Crippen molar-refractivity contribution < 1.29 is 9.59 Å². The minimum absolute atomic E-state index is 0.0486. The van der Waals surface area contributed by atoms with Crippen LogP contribution in [0.1, 0.15) is 19.3 Å². The fourth-order valence-corrected chi connectivity index (χ4v) is 1.72. The summed E-state index contributed by atoms with van der Waals surface area (Å²) in [4.78, 5) is 21.9. The molecule has 0 spiro atoms. The minimum Gasteiger partial charge on any atom is -0.352 e. The van der Waals surface area contributed by atoms with E-state index in [9.17, 15) is 9.59 Å². The average Bonchev–Trinajstić information content (AvgIpc) is 1.86. The van der Waals surface area contributed by atoms with Crippen LogP contribution in [0.3, 0.4) is 0 Å². The monoisotopic (exact) mass is 139 g/mol. The highest BCUT2D eigenvalue weighted by Crippen LogP contribution is 2.26. The molecule has 0 aromatic rings. The smallest absolute Gasteiger partial charge is 0.230 e. The molecule has 2 bridgehead atoms. The predicted molar refractivity (Wildman–Crippen MR) is 34.3 cm³/mol. The summed E-state index contributed by atoms with van der Waals surface area (Å²) in [7, 11) is 0. The molecule has 2 aliphatic heterocycles. The molecule has 0 aromatic heterocycles. The van der Waals surface area contributed by atoms with Gasteiger partial charge in [-0.3, -0.25) is 9.59 Å². The Bertz CT molecular complexity index is 182. The molecule has 3 fully saturated rings. The maximum absolute atomic E-state index is 11.0. The van der Waals surface area contributed by atoms with Crippen molar-refractivity contribution in [2.45, 2.75) is 25.3 Å². The molecule has 1 saturated carbocycles. The molecular weight excluding hydrogens is 130 g/mol. The molecule has 1 N–H and O–H groups in total. The molecule has 3 aliphatic rings. The van der Waals surface area contributed by atoms with E-state index in [2.05, 4.69) is 5.32 Å². The van der Waals surface area contributed by atoms with Crippen molar-refractivity contribution in [3.05, 3.63) is 0 Å². The predicted octanol–water partition coefficient (Wildman–Crippen LogP) is -0.146. The lowest BCUT2D eigenvalue weighted by molar-refractivity contribution is -0.141. The maximum atomic E-state index is 11.0. The summed E-state index contributed by atoms with van der Waals surface area (Å²) >= 11 is 0. The number of piperidine rings is 2. The number of ketones is 1. The molecule has 0 radical (unpaired) electrons. The third-order valence-electron chi connectivity index (χ3n) is 2.30. The van der Waals surface area contributed by atoms with Gasteiger partial charge in [0.15, 0.2) is 0 Å². The number of nitrogens with one attached hydrogen (secondary N) is 1. The largest absolute Gasteiger partial charge is 0.352 e. The van der Waals surface area contributed by atoms with E-state index in [1.807, 2.05) is 0 Å². The molecule has 2 atom stereocenters. The Kier molecular flexibility index (Phi) is 1.07. The van der Waals surface area contributed by atoms with Gasteiger partial charge in [0.1, 0.15) is 5.78 Å². The Balaban J connectivity index is 2.26. The van der Waals surface area contributed by atoms with Gasteiger partial charge in [-0.25, -0.2) is 0 Å². The second-order valence-corrected chi connectivity index (χ2v) is 3.01. The van der Waals surface area contributed by atoms with Crippen LogP contribution in [0.2, 0.25) is 0 Å². The van der Waals surface area contributed by atoms with Gasteiger partial charge in [-0.15, -0.1) is 0 Å². The van der Waals surface area contributed by atoms with Gasteiger partial charge in [0.25, 0.3) is 0 Å². The van der Waals surface area contributed by atoms with Crippen LogP contribution in [-0.2, 0) is 9.59 Å². The lowest BCUT2D eigenvalue weighted by Crippen LogP contribution is -2.53. The highest BCUT2D eigenvalue weighted by atomic mass is 16.2. The lowest BCUT2D eigenvalue weighted by atomic mass is 9.80. The van der Waals surface area contributed by atoms with Crippen LogP contribution in [0, 0.1) is 5.92 Å². The Hall–Kier alpha value is -0.860. The Morgan fingerprint density at radius 1 is 1.30 bits per heavy atom. The van der Waals surface area contributed by atoms with E-state index in [1.54, 1.807) is 0 Å². The molecule has 54 valence electrons. The Labute approximate surface area is 58.8 Å². The van der Waals surface area contributed by atoms with E-state index in [1.165, 1.54) is 0 Å². The van der Waals surface area contributed by atoms with Crippen LogP contribution in [0.25, 0.3) is 0 Å². The fraction of sp³-hybridized carbons (Fsp3) is 0.714. The summed E-state index contributed by atoms with van der Waals surface area (Å²) in [6.07, 6.45) is 2.33. The topological polar surface area (TPSA) is 46.2 Å². The summed E-state index contributed by atoms with van der Waals surface area (Å²) < 4.78 is 0.